The molecule has 1 aliphatic heterocycles. The highest BCUT2D eigenvalue weighted by atomic mass is 79.9. The number of thiophene rings is 1. The molecule has 0 bridgehead atoms. The van der Waals surface area contributed by atoms with E-state index in [2.05, 4.69) is 46.4 Å². The van der Waals surface area contributed by atoms with Crippen molar-refractivity contribution in [1.29, 1.82) is 0 Å². The van der Waals surface area contributed by atoms with Crippen molar-refractivity contribution < 1.29 is 14.3 Å². The van der Waals surface area contributed by atoms with Crippen LogP contribution in [0.1, 0.15) is 51.3 Å². The van der Waals surface area contributed by atoms with Crippen LogP contribution in [0.5, 0.6) is 0 Å². The van der Waals surface area contributed by atoms with E-state index in [1.807, 2.05) is 36.1 Å². The van der Waals surface area contributed by atoms with Crippen LogP contribution in [0, 0.1) is 6.92 Å². The van der Waals surface area contributed by atoms with Crippen molar-refractivity contribution in [1.82, 2.24) is 9.80 Å². The number of halogens is 1. The van der Waals surface area contributed by atoms with Crippen molar-refractivity contribution in [2.45, 2.75) is 32.7 Å². The van der Waals surface area contributed by atoms with Gasteiger partial charge in [-0.15, -0.1) is 11.3 Å². The maximum atomic E-state index is 13.8. The summed E-state index contributed by atoms with van der Waals surface area (Å²) in [6.07, 6.45) is 1.52. The Labute approximate surface area is 219 Å². The summed E-state index contributed by atoms with van der Waals surface area (Å²) in [5.41, 5.74) is 4.07. The Morgan fingerprint density at radius 3 is 2.74 bits per heavy atom. The second-order valence-corrected chi connectivity index (χ2v) is 10.6. The Morgan fingerprint density at radius 1 is 1.14 bits per heavy atom. The third kappa shape index (κ3) is 6.02. The van der Waals surface area contributed by atoms with Gasteiger partial charge in [0, 0.05) is 41.2 Å². The summed E-state index contributed by atoms with van der Waals surface area (Å²) in [7, 11) is 0. The van der Waals surface area contributed by atoms with Crippen molar-refractivity contribution >= 4 is 39.1 Å². The highest BCUT2D eigenvalue weighted by Crippen LogP contribution is 2.39. The molecule has 1 aliphatic rings. The standard InChI is InChI=1S/C28H31BrN2O3S/c1-3-34-16-7-14-30(28(33)21-9-6-10-22(29)18-21)19-26(32)31-15-12-25-24(13-17-35-25)27(31)23-11-5-4-8-20(23)2/h4-6,8-11,13,17-18,27H,3,7,12,14-16,19H2,1-2H3. The van der Waals surface area contributed by atoms with Crippen LogP contribution in [-0.2, 0) is 16.0 Å². The first-order valence-electron chi connectivity index (χ1n) is 12.0. The van der Waals surface area contributed by atoms with Crippen LogP contribution in [0.2, 0.25) is 0 Å². The van der Waals surface area contributed by atoms with Gasteiger partial charge >= 0.3 is 0 Å². The van der Waals surface area contributed by atoms with Crippen LogP contribution < -0.4 is 0 Å². The molecule has 4 rings (SSSR count). The maximum Gasteiger partial charge on any atom is 0.254 e. The lowest BCUT2D eigenvalue weighted by atomic mass is 9.90. The Bertz CT molecular complexity index is 1180. The topological polar surface area (TPSA) is 49.9 Å². The Hall–Kier alpha value is -2.48. The van der Waals surface area contributed by atoms with Gasteiger partial charge in [-0.1, -0.05) is 46.3 Å². The molecule has 0 saturated carbocycles. The molecule has 2 heterocycles. The average Bonchev–Trinajstić information content (AvgIpc) is 3.34. The highest BCUT2D eigenvalue weighted by Gasteiger charge is 2.34. The third-order valence-corrected chi connectivity index (χ3v) is 7.86. The number of aryl methyl sites for hydroxylation is 1. The van der Waals surface area contributed by atoms with E-state index in [-0.39, 0.29) is 24.4 Å². The normalized spacial score (nSPS) is 15.1. The number of benzene rings is 2. The van der Waals surface area contributed by atoms with Gasteiger partial charge in [-0.2, -0.15) is 0 Å². The number of hydrogen-bond acceptors (Lipinski definition) is 4. The molecular formula is C28H31BrN2O3S. The summed E-state index contributed by atoms with van der Waals surface area (Å²) in [5.74, 6) is -0.174. The highest BCUT2D eigenvalue weighted by molar-refractivity contribution is 9.10. The fourth-order valence-corrected chi connectivity index (χ4v) is 5.93. The Kier molecular flexibility index (Phi) is 8.76. The molecule has 0 spiro atoms. The van der Waals surface area contributed by atoms with E-state index in [4.69, 9.17) is 4.74 Å². The van der Waals surface area contributed by atoms with Crippen molar-refractivity contribution in [2.24, 2.45) is 0 Å². The van der Waals surface area contributed by atoms with Gasteiger partial charge in [-0.3, -0.25) is 9.59 Å². The number of carbonyl (C=O) groups excluding carboxylic acids is 2. The van der Waals surface area contributed by atoms with Crippen molar-refractivity contribution in [3.8, 4) is 0 Å². The quantitative estimate of drug-likeness (QED) is 0.311. The number of fused-ring (bicyclic) bond motifs is 1. The zero-order valence-corrected chi connectivity index (χ0v) is 22.6. The van der Waals surface area contributed by atoms with Gasteiger partial charge < -0.3 is 14.5 Å². The molecule has 0 radical (unpaired) electrons. The van der Waals surface area contributed by atoms with E-state index in [1.54, 1.807) is 28.4 Å². The molecule has 1 unspecified atom stereocenters. The van der Waals surface area contributed by atoms with E-state index in [0.717, 1.165) is 22.0 Å². The lowest BCUT2D eigenvalue weighted by Crippen LogP contribution is -2.47. The van der Waals surface area contributed by atoms with E-state index in [9.17, 15) is 9.59 Å². The third-order valence-electron chi connectivity index (χ3n) is 6.38. The minimum absolute atomic E-state index is 0.0325. The van der Waals surface area contributed by atoms with E-state index >= 15 is 0 Å². The number of carbonyl (C=O) groups is 2. The molecule has 3 aromatic rings. The van der Waals surface area contributed by atoms with Gasteiger partial charge in [0.2, 0.25) is 5.91 Å². The number of nitrogens with zero attached hydrogens (tertiary/aromatic N) is 2. The van der Waals surface area contributed by atoms with Gasteiger partial charge in [-0.05, 0) is 73.0 Å². The smallest absolute Gasteiger partial charge is 0.254 e. The van der Waals surface area contributed by atoms with Crippen molar-refractivity contribution in [3.63, 3.8) is 0 Å². The summed E-state index contributed by atoms with van der Waals surface area (Å²) in [5, 5.41) is 2.11. The summed E-state index contributed by atoms with van der Waals surface area (Å²) in [6, 6.07) is 17.6. The minimum Gasteiger partial charge on any atom is -0.382 e. The molecular weight excluding hydrogens is 524 g/mol. The second kappa shape index (κ2) is 12.0. The van der Waals surface area contributed by atoms with Gasteiger partial charge in [0.05, 0.1) is 6.04 Å². The summed E-state index contributed by atoms with van der Waals surface area (Å²) < 4.78 is 6.33. The van der Waals surface area contributed by atoms with Crippen molar-refractivity contribution in [3.05, 3.63) is 91.6 Å². The molecule has 5 nitrogen and oxygen atoms in total. The number of ether oxygens (including phenoxy) is 1. The molecule has 0 N–H and O–H groups in total. The number of hydrogen-bond donors (Lipinski definition) is 0. The molecule has 184 valence electrons. The van der Waals surface area contributed by atoms with E-state index in [1.165, 1.54) is 10.4 Å². The molecule has 0 aliphatic carbocycles. The summed E-state index contributed by atoms with van der Waals surface area (Å²) in [6.45, 7) is 6.38. The molecule has 2 aromatic carbocycles. The van der Waals surface area contributed by atoms with Crippen LogP contribution in [-0.4, -0.2) is 54.5 Å². The summed E-state index contributed by atoms with van der Waals surface area (Å²) in [4.78, 5) is 32.2. The molecule has 1 aromatic heterocycles. The monoisotopic (exact) mass is 554 g/mol. The Balaban J connectivity index is 1.60. The Morgan fingerprint density at radius 2 is 1.97 bits per heavy atom. The predicted molar refractivity (Wildman–Crippen MR) is 144 cm³/mol. The van der Waals surface area contributed by atoms with Crippen LogP contribution >= 0.6 is 27.3 Å². The minimum atomic E-state index is -0.142. The lowest BCUT2D eigenvalue weighted by Gasteiger charge is -2.38. The molecule has 2 amide bonds. The zero-order valence-electron chi connectivity index (χ0n) is 20.2. The lowest BCUT2D eigenvalue weighted by molar-refractivity contribution is -0.134. The van der Waals surface area contributed by atoms with E-state index in [0.29, 0.717) is 38.3 Å². The molecule has 35 heavy (non-hydrogen) atoms. The summed E-state index contributed by atoms with van der Waals surface area (Å²) >= 11 is 5.21. The van der Waals surface area contributed by atoms with Crippen LogP contribution in [0.25, 0.3) is 0 Å². The first-order chi connectivity index (χ1) is 17.0. The molecule has 7 heteroatoms. The van der Waals surface area contributed by atoms with Crippen LogP contribution in [0.4, 0.5) is 0 Å². The average molecular weight is 556 g/mol. The second-order valence-electron chi connectivity index (χ2n) is 8.68. The largest absolute Gasteiger partial charge is 0.382 e. The van der Waals surface area contributed by atoms with Crippen LogP contribution in [0.3, 0.4) is 0 Å². The van der Waals surface area contributed by atoms with Crippen LogP contribution in [0.15, 0.2) is 64.5 Å². The van der Waals surface area contributed by atoms with Crippen molar-refractivity contribution in [2.75, 3.05) is 32.8 Å². The number of rotatable bonds is 9. The van der Waals surface area contributed by atoms with Gasteiger partial charge in [-0.25, -0.2) is 0 Å². The molecule has 1 atom stereocenters. The molecule has 0 saturated heterocycles. The first-order valence-corrected chi connectivity index (χ1v) is 13.7. The SMILES string of the molecule is CCOCCCN(CC(=O)N1CCc2sccc2C1c1ccccc1C)C(=O)c1cccc(Br)c1. The molecule has 0 fully saturated rings. The van der Waals surface area contributed by atoms with E-state index < -0.39 is 0 Å². The fourth-order valence-electron chi connectivity index (χ4n) is 4.63. The number of amides is 2. The predicted octanol–water partition coefficient (Wildman–Crippen LogP) is 5.86. The van der Waals surface area contributed by atoms with Gasteiger partial charge in [0.1, 0.15) is 6.54 Å². The van der Waals surface area contributed by atoms with Gasteiger partial charge in [0.25, 0.3) is 5.91 Å². The maximum absolute atomic E-state index is 13.8. The first kappa shape index (κ1) is 25.6. The van der Waals surface area contributed by atoms with Gasteiger partial charge in [0.15, 0.2) is 0 Å². The zero-order chi connectivity index (χ0) is 24.8. The fraction of sp³-hybridized carbons (Fsp3) is 0.357.